The van der Waals surface area contributed by atoms with E-state index in [9.17, 15) is 0 Å². The molecule has 0 bridgehead atoms. The van der Waals surface area contributed by atoms with E-state index in [4.69, 9.17) is 0 Å². The van der Waals surface area contributed by atoms with Crippen molar-refractivity contribution >= 4 is 0 Å². The summed E-state index contributed by atoms with van der Waals surface area (Å²) in [5, 5.41) is 3.31. The normalized spacial score (nSPS) is 15.3. The van der Waals surface area contributed by atoms with Crippen molar-refractivity contribution in [3.05, 3.63) is 0 Å². The fourth-order valence-corrected chi connectivity index (χ4v) is 1.19. The first kappa shape index (κ1) is 9.96. The van der Waals surface area contributed by atoms with E-state index in [1.807, 2.05) is 7.05 Å². The Morgan fingerprint density at radius 2 is 1.80 bits per heavy atom. The maximum absolute atomic E-state index is 3.31. The molecule has 0 aliphatic heterocycles. The monoisotopic (exact) mass is 143 g/mol. The lowest BCUT2D eigenvalue weighted by molar-refractivity contribution is 0.312. The summed E-state index contributed by atoms with van der Waals surface area (Å²) in [6, 6.07) is 0.694. The predicted molar refractivity (Wildman–Crippen MR) is 47.2 cm³/mol. The maximum atomic E-state index is 3.31. The van der Waals surface area contributed by atoms with Crippen molar-refractivity contribution in [3.8, 4) is 0 Å². The van der Waals surface area contributed by atoms with Crippen LogP contribution in [0, 0.1) is 5.41 Å². The minimum absolute atomic E-state index is 0.462. The molecule has 0 aliphatic carbocycles. The second kappa shape index (κ2) is 3.97. The molecule has 1 atom stereocenters. The molecular weight excluding hydrogens is 122 g/mol. The van der Waals surface area contributed by atoms with E-state index in [0.29, 0.717) is 11.5 Å². The van der Waals surface area contributed by atoms with E-state index in [-0.39, 0.29) is 0 Å². The molecule has 0 spiro atoms. The van der Waals surface area contributed by atoms with E-state index < -0.39 is 0 Å². The first-order chi connectivity index (χ1) is 4.49. The van der Waals surface area contributed by atoms with Crippen LogP contribution >= 0.6 is 0 Å². The van der Waals surface area contributed by atoms with Crippen LogP contribution in [0.25, 0.3) is 0 Å². The highest BCUT2D eigenvalue weighted by atomic mass is 14.9. The van der Waals surface area contributed by atoms with Crippen molar-refractivity contribution in [2.24, 2.45) is 5.41 Å². The van der Waals surface area contributed by atoms with E-state index in [2.05, 4.69) is 33.0 Å². The minimum Gasteiger partial charge on any atom is -0.317 e. The molecule has 0 fully saturated rings. The Morgan fingerprint density at radius 3 is 1.90 bits per heavy atom. The summed E-state index contributed by atoms with van der Waals surface area (Å²) in [5.74, 6) is 0. The molecule has 1 heteroatoms. The van der Waals surface area contributed by atoms with E-state index in [1.165, 1.54) is 12.8 Å². The van der Waals surface area contributed by atoms with Gasteiger partial charge in [-0.15, -0.1) is 0 Å². The first-order valence-corrected chi connectivity index (χ1v) is 4.17. The summed E-state index contributed by atoms with van der Waals surface area (Å²) in [6.45, 7) is 9.08. The summed E-state index contributed by atoms with van der Waals surface area (Å²) in [5.41, 5.74) is 0.462. The average Bonchev–Trinajstić information content (AvgIpc) is 1.81. The summed E-state index contributed by atoms with van der Waals surface area (Å²) in [4.78, 5) is 0. The van der Waals surface area contributed by atoms with Gasteiger partial charge in [0.25, 0.3) is 0 Å². The molecule has 1 N–H and O–H groups in total. The molecule has 0 aliphatic rings. The van der Waals surface area contributed by atoms with Gasteiger partial charge in [0.05, 0.1) is 0 Å². The molecule has 0 rings (SSSR count). The van der Waals surface area contributed by atoms with Crippen LogP contribution in [0.15, 0.2) is 0 Å². The van der Waals surface area contributed by atoms with Crippen LogP contribution in [0.2, 0.25) is 0 Å². The highest BCUT2D eigenvalue weighted by Gasteiger charge is 2.15. The molecule has 62 valence electrons. The number of hydrogen-bond donors (Lipinski definition) is 1. The van der Waals surface area contributed by atoms with Gasteiger partial charge in [-0.25, -0.2) is 0 Å². The van der Waals surface area contributed by atoms with Crippen LogP contribution in [-0.4, -0.2) is 13.1 Å². The number of hydrogen-bond acceptors (Lipinski definition) is 1. The van der Waals surface area contributed by atoms with E-state index >= 15 is 0 Å². The largest absolute Gasteiger partial charge is 0.317 e. The van der Waals surface area contributed by atoms with Crippen LogP contribution in [0.5, 0.6) is 0 Å². The van der Waals surface area contributed by atoms with Crippen molar-refractivity contribution in [1.29, 1.82) is 0 Å². The van der Waals surface area contributed by atoms with Gasteiger partial charge in [0.15, 0.2) is 0 Å². The predicted octanol–water partition coefficient (Wildman–Crippen LogP) is 2.42. The Labute approximate surface area is 65.2 Å². The SMILES string of the molecule is CCC(CC(C)(C)C)NC. The highest BCUT2D eigenvalue weighted by molar-refractivity contribution is 4.71. The standard InChI is InChI=1S/C9H21N/c1-6-8(10-5)7-9(2,3)4/h8,10H,6-7H2,1-5H3. The molecule has 0 saturated carbocycles. The van der Waals surface area contributed by atoms with Crippen LogP contribution in [-0.2, 0) is 0 Å². The fraction of sp³-hybridized carbons (Fsp3) is 1.00. The van der Waals surface area contributed by atoms with Gasteiger partial charge in [-0.2, -0.15) is 0 Å². The van der Waals surface area contributed by atoms with Crippen LogP contribution in [0.3, 0.4) is 0 Å². The maximum Gasteiger partial charge on any atom is 0.00664 e. The third kappa shape index (κ3) is 4.80. The van der Waals surface area contributed by atoms with Crippen LogP contribution in [0.1, 0.15) is 40.5 Å². The van der Waals surface area contributed by atoms with Crippen molar-refractivity contribution in [3.63, 3.8) is 0 Å². The van der Waals surface area contributed by atoms with Crippen molar-refractivity contribution in [2.75, 3.05) is 7.05 Å². The third-order valence-corrected chi connectivity index (χ3v) is 1.76. The Morgan fingerprint density at radius 1 is 1.30 bits per heavy atom. The highest BCUT2D eigenvalue weighted by Crippen LogP contribution is 2.21. The summed E-state index contributed by atoms with van der Waals surface area (Å²) in [7, 11) is 2.04. The van der Waals surface area contributed by atoms with E-state index in [0.717, 1.165) is 0 Å². The first-order valence-electron chi connectivity index (χ1n) is 4.17. The zero-order chi connectivity index (χ0) is 8.20. The number of rotatable bonds is 3. The lowest BCUT2D eigenvalue weighted by atomic mass is 9.87. The quantitative estimate of drug-likeness (QED) is 0.640. The number of nitrogens with one attached hydrogen (secondary N) is 1. The van der Waals surface area contributed by atoms with Gasteiger partial charge in [-0.1, -0.05) is 27.7 Å². The van der Waals surface area contributed by atoms with Gasteiger partial charge in [0.2, 0.25) is 0 Å². The second-order valence-electron chi connectivity index (χ2n) is 4.16. The van der Waals surface area contributed by atoms with Crippen molar-refractivity contribution in [2.45, 2.75) is 46.6 Å². The third-order valence-electron chi connectivity index (χ3n) is 1.76. The minimum atomic E-state index is 0.462. The van der Waals surface area contributed by atoms with Crippen LogP contribution < -0.4 is 5.32 Å². The summed E-state index contributed by atoms with van der Waals surface area (Å²) < 4.78 is 0. The molecule has 1 unspecified atom stereocenters. The Balaban J connectivity index is 3.63. The lowest BCUT2D eigenvalue weighted by Gasteiger charge is -2.24. The van der Waals surface area contributed by atoms with Crippen LogP contribution in [0.4, 0.5) is 0 Å². The van der Waals surface area contributed by atoms with Gasteiger partial charge in [0, 0.05) is 6.04 Å². The second-order valence-corrected chi connectivity index (χ2v) is 4.16. The van der Waals surface area contributed by atoms with Crippen molar-refractivity contribution < 1.29 is 0 Å². The zero-order valence-corrected chi connectivity index (χ0v) is 7.99. The molecule has 0 aromatic carbocycles. The summed E-state index contributed by atoms with van der Waals surface area (Å²) >= 11 is 0. The molecule has 0 aromatic rings. The van der Waals surface area contributed by atoms with E-state index in [1.54, 1.807) is 0 Å². The van der Waals surface area contributed by atoms with Crippen molar-refractivity contribution in [1.82, 2.24) is 5.32 Å². The molecule has 1 nitrogen and oxygen atoms in total. The molecular formula is C9H21N. The zero-order valence-electron chi connectivity index (χ0n) is 7.99. The smallest absolute Gasteiger partial charge is 0.00664 e. The average molecular weight is 143 g/mol. The molecule has 10 heavy (non-hydrogen) atoms. The Bertz CT molecular complexity index is 77.2. The Kier molecular flexibility index (Phi) is 3.95. The topological polar surface area (TPSA) is 12.0 Å². The van der Waals surface area contributed by atoms with Gasteiger partial charge >= 0.3 is 0 Å². The van der Waals surface area contributed by atoms with Gasteiger partial charge in [-0.3, -0.25) is 0 Å². The lowest BCUT2D eigenvalue weighted by Crippen LogP contribution is -2.29. The molecule has 0 amide bonds. The van der Waals surface area contributed by atoms with Gasteiger partial charge in [-0.05, 0) is 25.3 Å². The molecule has 0 aromatic heterocycles. The fourth-order valence-electron chi connectivity index (χ4n) is 1.19. The summed E-state index contributed by atoms with van der Waals surface area (Å²) in [6.07, 6.45) is 2.49. The molecule has 0 radical (unpaired) electrons. The van der Waals surface area contributed by atoms with Gasteiger partial charge in [0.1, 0.15) is 0 Å². The van der Waals surface area contributed by atoms with Gasteiger partial charge < -0.3 is 5.32 Å². The molecule has 0 heterocycles. The molecule has 0 saturated heterocycles. The Hall–Kier alpha value is -0.0400.